The second-order valence-electron chi connectivity index (χ2n) is 12.1. The third-order valence-electron chi connectivity index (χ3n) is 9.24. The first-order valence-electron chi connectivity index (χ1n) is 16.2. The van der Waals surface area contributed by atoms with Crippen LogP contribution in [0.5, 0.6) is 0 Å². The third-order valence-corrected chi connectivity index (χ3v) is 9.24. The molecule has 10 rings (SSSR count). The molecule has 0 aliphatic heterocycles. The molecule has 0 radical (unpaired) electrons. The molecule has 10 aromatic rings. The highest BCUT2D eigenvalue weighted by Gasteiger charge is 2.19. The first-order chi connectivity index (χ1) is 24.3. The Morgan fingerprint density at radius 1 is 0.408 bits per heavy atom. The number of hydrogen-bond acceptors (Lipinski definition) is 6. The summed E-state index contributed by atoms with van der Waals surface area (Å²) >= 11 is 0. The van der Waals surface area contributed by atoms with E-state index >= 15 is 0 Å². The van der Waals surface area contributed by atoms with E-state index in [-0.39, 0.29) is 0 Å². The Labute approximate surface area is 280 Å². The van der Waals surface area contributed by atoms with Crippen LogP contribution in [-0.4, -0.2) is 24.9 Å². The summed E-state index contributed by atoms with van der Waals surface area (Å²) in [7, 11) is 0. The van der Waals surface area contributed by atoms with Gasteiger partial charge in [0, 0.05) is 45.2 Å². The summed E-state index contributed by atoms with van der Waals surface area (Å²) in [5.41, 5.74) is 7.19. The Hall–Kier alpha value is -6.79. The number of hydrogen-bond donors (Lipinski definition) is 0. The molecule has 0 fully saturated rings. The van der Waals surface area contributed by atoms with Gasteiger partial charge in [0.2, 0.25) is 5.71 Å². The van der Waals surface area contributed by atoms with Crippen molar-refractivity contribution < 1.29 is 4.42 Å². The molecular weight excluding hydrogens is 603 g/mol. The fraction of sp³-hybridized carbons (Fsp3) is 0. The minimum atomic E-state index is 0.572. The van der Waals surface area contributed by atoms with Gasteiger partial charge in [-0.3, -0.25) is 4.98 Å². The van der Waals surface area contributed by atoms with Gasteiger partial charge in [-0.1, -0.05) is 109 Å². The number of nitrogens with zero attached hydrogens (tertiary/aromatic N) is 5. The number of rotatable bonds is 4. The van der Waals surface area contributed by atoms with Gasteiger partial charge in [0.25, 0.3) is 0 Å². The van der Waals surface area contributed by atoms with Crippen LogP contribution in [-0.2, 0) is 0 Å². The molecule has 6 heteroatoms. The Morgan fingerprint density at radius 2 is 1.10 bits per heavy atom. The van der Waals surface area contributed by atoms with E-state index in [0.717, 1.165) is 55.1 Å². The van der Waals surface area contributed by atoms with Crippen molar-refractivity contribution in [1.29, 1.82) is 0 Å². The molecule has 228 valence electrons. The molecule has 4 aromatic heterocycles. The summed E-state index contributed by atoms with van der Waals surface area (Å²) in [5.74, 6) is 1.77. The van der Waals surface area contributed by atoms with Gasteiger partial charge in [-0.2, -0.15) is 0 Å². The van der Waals surface area contributed by atoms with E-state index in [9.17, 15) is 0 Å². The summed E-state index contributed by atoms with van der Waals surface area (Å²) in [5, 5.41) is 7.83. The monoisotopic (exact) mass is 627 g/mol. The number of benzene rings is 6. The summed E-state index contributed by atoms with van der Waals surface area (Å²) in [6, 6.07) is 47.8. The molecule has 0 unspecified atom stereocenters. The summed E-state index contributed by atoms with van der Waals surface area (Å²) in [4.78, 5) is 24.3. The van der Waals surface area contributed by atoms with Crippen LogP contribution in [0.2, 0.25) is 0 Å². The number of aromatic nitrogens is 5. The van der Waals surface area contributed by atoms with Crippen molar-refractivity contribution in [3.05, 3.63) is 152 Å². The lowest BCUT2D eigenvalue weighted by atomic mass is 9.91. The second kappa shape index (κ2) is 10.9. The number of fused-ring (bicyclic) bond motifs is 8. The topological polar surface area (TPSA) is 77.6 Å². The third kappa shape index (κ3) is 4.46. The van der Waals surface area contributed by atoms with E-state index in [1.165, 1.54) is 21.5 Å². The minimum absolute atomic E-state index is 0.572. The van der Waals surface area contributed by atoms with Crippen LogP contribution in [0.1, 0.15) is 0 Å². The van der Waals surface area contributed by atoms with E-state index in [1.54, 1.807) is 6.20 Å². The van der Waals surface area contributed by atoms with Crippen molar-refractivity contribution in [2.45, 2.75) is 0 Å². The van der Waals surface area contributed by atoms with Crippen molar-refractivity contribution >= 4 is 54.5 Å². The van der Waals surface area contributed by atoms with Gasteiger partial charge < -0.3 is 4.42 Å². The lowest BCUT2D eigenvalue weighted by Gasteiger charge is -2.14. The zero-order valence-corrected chi connectivity index (χ0v) is 26.1. The summed E-state index contributed by atoms with van der Waals surface area (Å²) in [6.07, 6.45) is 3.59. The van der Waals surface area contributed by atoms with E-state index in [0.29, 0.717) is 23.2 Å². The van der Waals surface area contributed by atoms with Crippen LogP contribution in [0, 0.1) is 0 Å². The fourth-order valence-corrected chi connectivity index (χ4v) is 6.97. The number of furan rings is 1. The number of pyridine rings is 2. The van der Waals surface area contributed by atoms with Crippen molar-refractivity contribution in [3.8, 4) is 45.3 Å². The lowest BCUT2D eigenvalue weighted by molar-refractivity contribution is 0.654. The molecule has 0 atom stereocenters. The first-order valence-corrected chi connectivity index (χ1v) is 16.2. The molecule has 4 heterocycles. The van der Waals surface area contributed by atoms with Crippen LogP contribution < -0.4 is 0 Å². The maximum atomic E-state index is 6.10. The average molecular weight is 628 g/mol. The predicted octanol–water partition coefficient (Wildman–Crippen LogP) is 10.7. The van der Waals surface area contributed by atoms with Gasteiger partial charge in [0.1, 0.15) is 5.58 Å². The van der Waals surface area contributed by atoms with E-state index in [2.05, 4.69) is 77.8 Å². The van der Waals surface area contributed by atoms with Crippen LogP contribution in [0.15, 0.2) is 156 Å². The van der Waals surface area contributed by atoms with Crippen LogP contribution >= 0.6 is 0 Å². The quantitative estimate of drug-likeness (QED) is 0.181. The van der Waals surface area contributed by atoms with Gasteiger partial charge >= 0.3 is 0 Å². The maximum Gasteiger partial charge on any atom is 0.227 e. The molecule has 0 saturated carbocycles. The van der Waals surface area contributed by atoms with Gasteiger partial charge in [0.05, 0.1) is 5.52 Å². The molecule has 0 aliphatic carbocycles. The van der Waals surface area contributed by atoms with E-state index in [1.807, 2.05) is 72.9 Å². The summed E-state index contributed by atoms with van der Waals surface area (Å²) < 4.78 is 6.10. The average Bonchev–Trinajstić information content (AvgIpc) is 3.57. The minimum Gasteiger partial charge on any atom is -0.438 e. The Balaban J connectivity index is 1.16. The van der Waals surface area contributed by atoms with Gasteiger partial charge in [0.15, 0.2) is 17.5 Å². The highest BCUT2D eigenvalue weighted by molar-refractivity contribution is 6.22. The van der Waals surface area contributed by atoms with Crippen molar-refractivity contribution in [3.63, 3.8) is 0 Å². The Bertz CT molecular complexity index is 2880. The van der Waals surface area contributed by atoms with Crippen molar-refractivity contribution in [1.82, 2.24) is 24.9 Å². The molecule has 0 aliphatic rings. The Morgan fingerprint density at radius 3 is 1.96 bits per heavy atom. The normalized spacial score (nSPS) is 11.7. The molecule has 0 amide bonds. The highest BCUT2D eigenvalue weighted by Crippen LogP contribution is 2.40. The molecule has 0 N–H and O–H groups in total. The standard InChI is InChI=1S/C43H25N5O/c1-2-10-28(11-3-1)40-46-41(48-42(47-40)33-13-6-16-37-39(33)34-15-8-24-45-43(34)49-37)29-19-17-27(18-20-29)35-25-36-31(14-7-23-44-36)32-22-21-26-9-4-5-12-30(26)38(32)35/h1-25H. The fourth-order valence-electron chi connectivity index (χ4n) is 6.97. The SMILES string of the molecule is c1ccc(-c2nc(-c3ccc(-c4cc5ncccc5c5ccc6ccccc6c45)cc3)nc(-c3cccc4oc5ncccc5c34)n2)cc1. The molecule has 0 saturated heterocycles. The smallest absolute Gasteiger partial charge is 0.227 e. The van der Waals surface area contributed by atoms with Crippen molar-refractivity contribution in [2.75, 3.05) is 0 Å². The van der Waals surface area contributed by atoms with Gasteiger partial charge in [-0.05, 0) is 63.0 Å². The van der Waals surface area contributed by atoms with Crippen LogP contribution in [0.3, 0.4) is 0 Å². The predicted molar refractivity (Wildman–Crippen MR) is 197 cm³/mol. The highest BCUT2D eigenvalue weighted by atomic mass is 16.3. The Kier molecular flexibility index (Phi) is 6.08. The lowest BCUT2D eigenvalue weighted by Crippen LogP contribution is -2.00. The molecule has 6 aromatic carbocycles. The van der Waals surface area contributed by atoms with Crippen LogP contribution in [0.25, 0.3) is 99.8 Å². The molecular formula is C43H25N5O. The first kappa shape index (κ1) is 27.3. The molecule has 49 heavy (non-hydrogen) atoms. The summed E-state index contributed by atoms with van der Waals surface area (Å²) in [6.45, 7) is 0. The van der Waals surface area contributed by atoms with Gasteiger partial charge in [-0.15, -0.1) is 0 Å². The zero-order valence-electron chi connectivity index (χ0n) is 26.1. The molecule has 0 spiro atoms. The van der Waals surface area contributed by atoms with Gasteiger partial charge in [-0.25, -0.2) is 19.9 Å². The molecule has 0 bridgehead atoms. The van der Waals surface area contributed by atoms with E-state index < -0.39 is 0 Å². The zero-order chi connectivity index (χ0) is 32.3. The largest absolute Gasteiger partial charge is 0.438 e. The van der Waals surface area contributed by atoms with Crippen molar-refractivity contribution in [2.24, 2.45) is 0 Å². The second-order valence-corrected chi connectivity index (χ2v) is 12.1. The van der Waals surface area contributed by atoms with Crippen LogP contribution in [0.4, 0.5) is 0 Å². The molecule has 6 nitrogen and oxygen atoms in total. The van der Waals surface area contributed by atoms with E-state index in [4.69, 9.17) is 24.4 Å². The maximum absolute atomic E-state index is 6.10.